The van der Waals surface area contributed by atoms with Crippen molar-refractivity contribution in [2.45, 2.75) is 19.0 Å². The van der Waals surface area contributed by atoms with E-state index in [9.17, 15) is 0 Å². The molecule has 0 aliphatic carbocycles. The van der Waals surface area contributed by atoms with Crippen molar-refractivity contribution >= 4 is 11.6 Å². The van der Waals surface area contributed by atoms with Crippen LogP contribution in [0.4, 0.5) is 0 Å². The third kappa shape index (κ3) is 4.60. The maximum Gasteiger partial charge on any atom is 0.0543 e. The summed E-state index contributed by atoms with van der Waals surface area (Å²) in [7, 11) is 2.08. The molecule has 0 fully saturated rings. The van der Waals surface area contributed by atoms with E-state index < -0.39 is 0 Å². The highest BCUT2D eigenvalue weighted by Gasteiger charge is 2.08. The van der Waals surface area contributed by atoms with E-state index in [1.165, 1.54) is 0 Å². The van der Waals surface area contributed by atoms with Crippen molar-refractivity contribution in [3.05, 3.63) is 64.9 Å². The van der Waals surface area contributed by atoms with E-state index in [0.29, 0.717) is 0 Å². The summed E-state index contributed by atoms with van der Waals surface area (Å²) in [4.78, 5) is 6.55. The van der Waals surface area contributed by atoms with Crippen LogP contribution in [0.25, 0.3) is 0 Å². The molecule has 2 aromatic rings. The van der Waals surface area contributed by atoms with Gasteiger partial charge in [-0.1, -0.05) is 29.8 Å². The summed E-state index contributed by atoms with van der Waals surface area (Å²) < 4.78 is 0. The predicted molar refractivity (Wildman–Crippen MR) is 83.6 cm³/mol. The van der Waals surface area contributed by atoms with Crippen molar-refractivity contribution < 1.29 is 0 Å². The number of hydrogen-bond donors (Lipinski definition) is 1. The molecule has 20 heavy (non-hydrogen) atoms. The Balaban J connectivity index is 1.82. The largest absolute Gasteiger partial charge is 0.324 e. The predicted octanol–water partition coefficient (Wildman–Crippen LogP) is 3.26. The van der Waals surface area contributed by atoms with E-state index >= 15 is 0 Å². The molecule has 4 heteroatoms. The molecular formula is C16H20ClN3. The highest BCUT2D eigenvalue weighted by Crippen LogP contribution is 2.18. The zero-order valence-electron chi connectivity index (χ0n) is 11.7. The molecule has 3 nitrogen and oxygen atoms in total. The van der Waals surface area contributed by atoms with Gasteiger partial charge in [-0.15, -0.1) is 0 Å². The molecule has 2 rings (SSSR count). The Hall–Kier alpha value is -1.42. The van der Waals surface area contributed by atoms with Gasteiger partial charge in [0.05, 0.1) is 5.69 Å². The zero-order chi connectivity index (χ0) is 14.4. The average molecular weight is 290 g/mol. The Kier molecular flexibility index (Phi) is 5.53. The van der Waals surface area contributed by atoms with Gasteiger partial charge in [0.1, 0.15) is 0 Å². The smallest absolute Gasteiger partial charge is 0.0543 e. The summed E-state index contributed by atoms with van der Waals surface area (Å²) in [5, 5.41) is 0.736. The summed E-state index contributed by atoms with van der Waals surface area (Å²) in [6.45, 7) is 1.76. The fourth-order valence-corrected chi connectivity index (χ4v) is 2.31. The van der Waals surface area contributed by atoms with Gasteiger partial charge in [-0.25, -0.2) is 0 Å². The minimum atomic E-state index is 0.0138. The van der Waals surface area contributed by atoms with Gasteiger partial charge in [-0.3, -0.25) is 4.98 Å². The molecule has 1 aromatic heterocycles. The fourth-order valence-electron chi connectivity index (χ4n) is 2.11. The lowest BCUT2D eigenvalue weighted by Crippen LogP contribution is -2.23. The van der Waals surface area contributed by atoms with Crippen LogP contribution in [0.2, 0.25) is 5.02 Å². The molecule has 0 aliphatic heterocycles. The molecule has 0 aliphatic rings. The Bertz CT molecular complexity index is 530. The Labute approximate surface area is 125 Å². The van der Waals surface area contributed by atoms with Gasteiger partial charge in [-0.05, 0) is 43.3 Å². The second-order valence-corrected chi connectivity index (χ2v) is 5.45. The maximum absolute atomic E-state index is 6.20. The van der Waals surface area contributed by atoms with E-state index in [4.69, 9.17) is 17.3 Å². The molecule has 0 radical (unpaired) electrons. The second-order valence-electron chi connectivity index (χ2n) is 5.01. The highest BCUT2D eigenvalue weighted by molar-refractivity contribution is 6.30. The van der Waals surface area contributed by atoms with Crippen LogP contribution >= 0.6 is 11.6 Å². The van der Waals surface area contributed by atoms with Crippen LogP contribution in [0.15, 0.2) is 48.7 Å². The number of halogens is 1. The topological polar surface area (TPSA) is 42.1 Å². The highest BCUT2D eigenvalue weighted by atomic mass is 35.5. The molecule has 1 atom stereocenters. The van der Waals surface area contributed by atoms with Crippen molar-refractivity contribution in [3.63, 3.8) is 0 Å². The molecular weight excluding hydrogens is 270 g/mol. The van der Waals surface area contributed by atoms with Crippen LogP contribution in [0.1, 0.15) is 23.7 Å². The van der Waals surface area contributed by atoms with E-state index in [1.54, 1.807) is 0 Å². The van der Waals surface area contributed by atoms with Crippen LogP contribution in [0, 0.1) is 0 Å². The van der Waals surface area contributed by atoms with Crippen molar-refractivity contribution in [1.82, 2.24) is 9.88 Å². The van der Waals surface area contributed by atoms with Crippen molar-refractivity contribution in [2.75, 3.05) is 13.6 Å². The summed E-state index contributed by atoms with van der Waals surface area (Å²) in [6, 6.07) is 13.8. The van der Waals surface area contributed by atoms with Crippen LogP contribution in [0.3, 0.4) is 0 Å². The Morgan fingerprint density at radius 3 is 2.80 bits per heavy atom. The zero-order valence-corrected chi connectivity index (χ0v) is 12.4. The van der Waals surface area contributed by atoms with Crippen LogP contribution in [-0.2, 0) is 6.54 Å². The van der Waals surface area contributed by atoms with Gasteiger partial charge in [0, 0.05) is 30.4 Å². The third-order valence-electron chi connectivity index (χ3n) is 3.26. The molecule has 1 unspecified atom stereocenters. The molecule has 1 heterocycles. The maximum atomic E-state index is 6.20. The van der Waals surface area contributed by atoms with Gasteiger partial charge in [0.15, 0.2) is 0 Å². The second kappa shape index (κ2) is 7.39. The van der Waals surface area contributed by atoms with Crippen LogP contribution in [0.5, 0.6) is 0 Å². The summed E-state index contributed by atoms with van der Waals surface area (Å²) in [5.41, 5.74) is 8.37. The fraction of sp³-hybridized carbons (Fsp3) is 0.312. The molecule has 0 amide bonds. The summed E-state index contributed by atoms with van der Waals surface area (Å²) in [6.07, 6.45) is 2.71. The minimum Gasteiger partial charge on any atom is -0.324 e. The number of rotatable bonds is 6. The van der Waals surface area contributed by atoms with E-state index in [1.807, 2.05) is 48.7 Å². The molecule has 0 saturated carbocycles. The monoisotopic (exact) mass is 289 g/mol. The van der Waals surface area contributed by atoms with Gasteiger partial charge in [0.2, 0.25) is 0 Å². The Morgan fingerprint density at radius 2 is 2.10 bits per heavy atom. The number of hydrogen-bond acceptors (Lipinski definition) is 3. The lowest BCUT2D eigenvalue weighted by molar-refractivity contribution is 0.308. The number of nitrogens with two attached hydrogens (primary N) is 1. The first kappa shape index (κ1) is 15.0. The standard InChI is InChI=1S/C16H20ClN3/c1-20(12-15-7-2-3-9-19-15)10-8-16(18)13-5-4-6-14(17)11-13/h2-7,9,11,16H,8,10,12,18H2,1H3. The minimum absolute atomic E-state index is 0.0138. The van der Waals surface area contributed by atoms with Crippen LogP contribution < -0.4 is 5.73 Å². The van der Waals surface area contributed by atoms with Gasteiger partial charge in [-0.2, -0.15) is 0 Å². The first-order valence-corrected chi connectivity index (χ1v) is 7.12. The first-order valence-electron chi connectivity index (χ1n) is 6.74. The number of pyridine rings is 1. The molecule has 0 bridgehead atoms. The van der Waals surface area contributed by atoms with E-state index in [-0.39, 0.29) is 6.04 Å². The van der Waals surface area contributed by atoms with E-state index in [2.05, 4.69) is 16.9 Å². The van der Waals surface area contributed by atoms with Gasteiger partial charge >= 0.3 is 0 Å². The van der Waals surface area contributed by atoms with Crippen LogP contribution in [-0.4, -0.2) is 23.5 Å². The Morgan fingerprint density at radius 1 is 1.25 bits per heavy atom. The first-order chi connectivity index (χ1) is 9.65. The molecule has 0 spiro atoms. The van der Waals surface area contributed by atoms with E-state index in [0.717, 1.165) is 35.8 Å². The lowest BCUT2D eigenvalue weighted by atomic mass is 10.0. The summed E-state index contributed by atoms with van der Waals surface area (Å²) >= 11 is 5.98. The molecule has 106 valence electrons. The number of benzene rings is 1. The number of nitrogens with zero attached hydrogens (tertiary/aromatic N) is 2. The lowest BCUT2D eigenvalue weighted by Gasteiger charge is -2.19. The summed E-state index contributed by atoms with van der Waals surface area (Å²) in [5.74, 6) is 0. The average Bonchev–Trinajstić information content (AvgIpc) is 2.46. The molecule has 0 saturated heterocycles. The molecule has 2 N–H and O–H groups in total. The quantitative estimate of drug-likeness (QED) is 0.887. The van der Waals surface area contributed by atoms with Crippen molar-refractivity contribution in [2.24, 2.45) is 5.73 Å². The van der Waals surface area contributed by atoms with Crippen molar-refractivity contribution in [3.8, 4) is 0 Å². The SMILES string of the molecule is CN(CCC(N)c1cccc(Cl)c1)Cc1ccccn1. The normalized spacial score (nSPS) is 12.6. The number of aromatic nitrogens is 1. The molecule has 1 aromatic carbocycles. The van der Waals surface area contributed by atoms with Gasteiger partial charge in [0.25, 0.3) is 0 Å². The third-order valence-corrected chi connectivity index (χ3v) is 3.49. The van der Waals surface area contributed by atoms with Gasteiger partial charge < -0.3 is 10.6 Å². The van der Waals surface area contributed by atoms with Crippen molar-refractivity contribution in [1.29, 1.82) is 0 Å².